The summed E-state index contributed by atoms with van der Waals surface area (Å²) < 4.78 is 12.1. The van der Waals surface area contributed by atoms with E-state index in [9.17, 15) is 4.39 Å². The van der Waals surface area contributed by atoms with E-state index in [0.29, 0.717) is 12.5 Å². The molecule has 84 valence electrons. The van der Waals surface area contributed by atoms with Gasteiger partial charge in [0.25, 0.3) is 0 Å². The van der Waals surface area contributed by atoms with E-state index in [2.05, 4.69) is 16.8 Å². The molecule has 0 amide bonds. The van der Waals surface area contributed by atoms with Crippen LogP contribution in [0.1, 0.15) is 31.4 Å². The molecule has 1 heterocycles. The Labute approximate surface area is 91.1 Å². The highest BCUT2D eigenvalue weighted by Gasteiger charge is 2.13. The summed E-state index contributed by atoms with van der Waals surface area (Å²) in [6.45, 7) is 2.71. The van der Waals surface area contributed by atoms with Gasteiger partial charge in [-0.3, -0.25) is 14.3 Å². The Balaban J connectivity index is 2.63. The topological polar surface area (TPSA) is 16.1 Å². The van der Waals surface area contributed by atoms with E-state index in [0.717, 1.165) is 13.0 Å². The summed E-state index contributed by atoms with van der Waals surface area (Å²) in [5.41, 5.74) is 1.26. The molecule has 0 aliphatic rings. The molecule has 1 atom stereocenters. The number of pyridine rings is 1. The van der Waals surface area contributed by atoms with Gasteiger partial charge in [-0.25, -0.2) is 0 Å². The smallest absolute Gasteiger partial charge is 0.0906 e. The number of hydrogen-bond donors (Lipinski definition) is 0. The summed E-state index contributed by atoms with van der Waals surface area (Å²) in [6, 6.07) is 4.43. The minimum atomic E-state index is -0.239. The molecule has 0 saturated carbocycles. The molecule has 1 aromatic rings. The summed E-state index contributed by atoms with van der Waals surface area (Å²) in [5.74, 6) is 0. The fourth-order valence-corrected chi connectivity index (χ4v) is 1.85. The van der Waals surface area contributed by atoms with Crippen LogP contribution >= 0.6 is 0 Å². The second kappa shape index (κ2) is 6.51. The third-order valence-corrected chi connectivity index (χ3v) is 2.65. The summed E-state index contributed by atoms with van der Waals surface area (Å²) in [7, 11) is 2.05. The van der Waals surface area contributed by atoms with Gasteiger partial charge in [-0.15, -0.1) is 0 Å². The van der Waals surface area contributed by atoms with Crippen molar-refractivity contribution in [2.75, 3.05) is 20.3 Å². The molecule has 0 aromatic carbocycles. The van der Waals surface area contributed by atoms with Crippen LogP contribution in [0, 0.1) is 0 Å². The molecular formula is C12H19FN2. The number of halogens is 1. The molecule has 3 heteroatoms. The summed E-state index contributed by atoms with van der Waals surface area (Å²) in [6.07, 6.45) is 5.26. The fraction of sp³-hybridized carbons (Fsp3) is 0.583. The molecular weight excluding hydrogens is 191 g/mol. The zero-order valence-electron chi connectivity index (χ0n) is 9.49. The summed E-state index contributed by atoms with van der Waals surface area (Å²) in [5, 5.41) is 0. The van der Waals surface area contributed by atoms with E-state index in [4.69, 9.17) is 0 Å². The highest BCUT2D eigenvalue weighted by Crippen LogP contribution is 2.21. The molecule has 1 aromatic heterocycles. The first-order valence-corrected chi connectivity index (χ1v) is 5.45. The second-order valence-electron chi connectivity index (χ2n) is 3.73. The Morgan fingerprint density at radius 3 is 2.60 bits per heavy atom. The maximum atomic E-state index is 12.1. The molecule has 0 aliphatic carbocycles. The Morgan fingerprint density at radius 1 is 1.40 bits per heavy atom. The van der Waals surface area contributed by atoms with Crippen molar-refractivity contribution in [3.8, 4) is 0 Å². The van der Waals surface area contributed by atoms with Crippen LogP contribution in [0.3, 0.4) is 0 Å². The number of nitrogens with zero attached hydrogens (tertiary/aromatic N) is 2. The van der Waals surface area contributed by atoms with Crippen LogP contribution in [0.2, 0.25) is 0 Å². The molecule has 0 N–H and O–H groups in total. The van der Waals surface area contributed by atoms with Gasteiger partial charge in [-0.1, -0.05) is 6.92 Å². The standard InChI is InChI=1S/C12H19FN2/c1-3-12(15(2)10-4-7-13)11-5-8-14-9-6-11/h5-6,8-9,12H,3-4,7,10H2,1-2H3. The van der Waals surface area contributed by atoms with E-state index in [1.54, 1.807) is 12.4 Å². The minimum absolute atomic E-state index is 0.239. The van der Waals surface area contributed by atoms with E-state index in [-0.39, 0.29) is 6.67 Å². The average Bonchev–Trinajstić information content (AvgIpc) is 2.29. The van der Waals surface area contributed by atoms with E-state index in [1.165, 1.54) is 5.56 Å². The van der Waals surface area contributed by atoms with Crippen molar-refractivity contribution in [2.45, 2.75) is 25.8 Å². The van der Waals surface area contributed by atoms with E-state index in [1.807, 2.05) is 19.2 Å². The van der Waals surface area contributed by atoms with Gasteiger partial charge < -0.3 is 0 Å². The quantitative estimate of drug-likeness (QED) is 0.717. The average molecular weight is 210 g/mol. The molecule has 15 heavy (non-hydrogen) atoms. The van der Waals surface area contributed by atoms with Gasteiger partial charge in [0.1, 0.15) is 0 Å². The SMILES string of the molecule is CCC(c1ccncc1)N(C)CCCF. The monoisotopic (exact) mass is 210 g/mol. The lowest BCUT2D eigenvalue weighted by molar-refractivity contribution is 0.227. The van der Waals surface area contributed by atoms with Crippen molar-refractivity contribution in [1.29, 1.82) is 0 Å². The van der Waals surface area contributed by atoms with Gasteiger partial charge in [-0.05, 0) is 37.6 Å². The summed E-state index contributed by atoms with van der Waals surface area (Å²) in [4.78, 5) is 6.21. The number of aromatic nitrogens is 1. The van der Waals surface area contributed by atoms with Crippen molar-refractivity contribution in [3.63, 3.8) is 0 Å². The van der Waals surface area contributed by atoms with Crippen molar-refractivity contribution in [3.05, 3.63) is 30.1 Å². The maximum Gasteiger partial charge on any atom is 0.0906 e. The normalized spacial score (nSPS) is 13.1. The lowest BCUT2D eigenvalue weighted by Gasteiger charge is -2.27. The first-order chi connectivity index (χ1) is 7.29. The molecule has 0 aliphatic heterocycles. The van der Waals surface area contributed by atoms with Gasteiger partial charge in [0, 0.05) is 25.0 Å². The van der Waals surface area contributed by atoms with Gasteiger partial charge in [0.2, 0.25) is 0 Å². The third-order valence-electron chi connectivity index (χ3n) is 2.65. The predicted octanol–water partition coefficient (Wildman–Crippen LogP) is 2.82. The number of alkyl halides is 1. The molecule has 0 spiro atoms. The van der Waals surface area contributed by atoms with E-state index < -0.39 is 0 Å². The number of rotatable bonds is 6. The van der Waals surface area contributed by atoms with Gasteiger partial charge in [0.05, 0.1) is 6.67 Å². The Kier molecular flexibility index (Phi) is 5.26. The summed E-state index contributed by atoms with van der Waals surface area (Å²) >= 11 is 0. The zero-order valence-corrected chi connectivity index (χ0v) is 9.49. The van der Waals surface area contributed by atoms with Crippen LogP contribution in [-0.2, 0) is 0 Å². The molecule has 1 rings (SSSR count). The van der Waals surface area contributed by atoms with Gasteiger partial charge in [0.15, 0.2) is 0 Å². The molecule has 0 bridgehead atoms. The molecule has 2 nitrogen and oxygen atoms in total. The van der Waals surface area contributed by atoms with Gasteiger partial charge >= 0.3 is 0 Å². The van der Waals surface area contributed by atoms with Gasteiger partial charge in [-0.2, -0.15) is 0 Å². The molecule has 0 fully saturated rings. The highest BCUT2D eigenvalue weighted by atomic mass is 19.1. The predicted molar refractivity (Wildman–Crippen MR) is 60.5 cm³/mol. The molecule has 0 radical (unpaired) electrons. The number of hydrogen-bond acceptors (Lipinski definition) is 2. The third kappa shape index (κ3) is 3.59. The van der Waals surface area contributed by atoms with Crippen molar-refractivity contribution >= 4 is 0 Å². The first-order valence-electron chi connectivity index (χ1n) is 5.45. The van der Waals surface area contributed by atoms with Crippen LogP contribution in [0.25, 0.3) is 0 Å². The van der Waals surface area contributed by atoms with Crippen LogP contribution in [0.15, 0.2) is 24.5 Å². The van der Waals surface area contributed by atoms with Crippen LogP contribution in [0.5, 0.6) is 0 Å². The van der Waals surface area contributed by atoms with Crippen LogP contribution in [-0.4, -0.2) is 30.2 Å². The maximum absolute atomic E-state index is 12.1. The van der Waals surface area contributed by atoms with Crippen molar-refractivity contribution < 1.29 is 4.39 Å². The van der Waals surface area contributed by atoms with Crippen LogP contribution in [0.4, 0.5) is 4.39 Å². The van der Waals surface area contributed by atoms with Crippen LogP contribution < -0.4 is 0 Å². The van der Waals surface area contributed by atoms with E-state index >= 15 is 0 Å². The lowest BCUT2D eigenvalue weighted by Crippen LogP contribution is -2.25. The lowest BCUT2D eigenvalue weighted by atomic mass is 10.0. The fourth-order valence-electron chi connectivity index (χ4n) is 1.85. The molecule has 1 unspecified atom stereocenters. The molecule has 0 saturated heterocycles. The van der Waals surface area contributed by atoms with Crippen molar-refractivity contribution in [2.24, 2.45) is 0 Å². The first kappa shape index (κ1) is 12.1. The van der Waals surface area contributed by atoms with Crippen molar-refractivity contribution in [1.82, 2.24) is 9.88 Å². The Morgan fingerprint density at radius 2 is 2.07 bits per heavy atom. The minimum Gasteiger partial charge on any atom is -0.299 e. The second-order valence-corrected chi connectivity index (χ2v) is 3.73. The highest BCUT2D eigenvalue weighted by molar-refractivity contribution is 5.14. The largest absolute Gasteiger partial charge is 0.299 e. The Hall–Kier alpha value is -0.960. The Bertz CT molecular complexity index is 264. The zero-order chi connectivity index (χ0) is 11.1.